The standard InChI is InChI=1S/C15H16ClNO/c1-15(7-2-3-8-15)14(18)13(10-17)11-5-4-6-12(16)9-11/h4-6,9,13H,2-3,7-8H2,1H3. The first kappa shape index (κ1) is 13.1. The molecule has 0 amide bonds. The summed E-state index contributed by atoms with van der Waals surface area (Å²) < 4.78 is 0. The van der Waals surface area contributed by atoms with E-state index in [1.54, 1.807) is 24.3 Å². The van der Waals surface area contributed by atoms with Crippen LogP contribution in [-0.4, -0.2) is 5.78 Å². The SMILES string of the molecule is CC1(C(=O)C(C#N)c2cccc(Cl)c2)CCCC1. The first-order valence-corrected chi connectivity index (χ1v) is 6.64. The van der Waals surface area contributed by atoms with Crippen LogP contribution in [0.1, 0.15) is 44.1 Å². The van der Waals surface area contributed by atoms with Gasteiger partial charge in [0.2, 0.25) is 0 Å². The quantitative estimate of drug-likeness (QED) is 0.822. The summed E-state index contributed by atoms with van der Waals surface area (Å²) >= 11 is 5.92. The molecule has 1 fully saturated rings. The first-order valence-electron chi connectivity index (χ1n) is 6.26. The van der Waals surface area contributed by atoms with E-state index in [0.717, 1.165) is 25.7 Å². The van der Waals surface area contributed by atoms with E-state index in [2.05, 4.69) is 6.07 Å². The zero-order valence-corrected chi connectivity index (χ0v) is 11.2. The number of ketones is 1. The first-order chi connectivity index (χ1) is 8.57. The van der Waals surface area contributed by atoms with Crippen LogP contribution in [0, 0.1) is 16.7 Å². The number of benzene rings is 1. The molecule has 0 aromatic heterocycles. The molecule has 3 heteroatoms. The van der Waals surface area contributed by atoms with E-state index in [4.69, 9.17) is 11.6 Å². The van der Waals surface area contributed by atoms with E-state index < -0.39 is 5.92 Å². The Bertz CT molecular complexity index is 497. The Labute approximate surface area is 113 Å². The molecule has 0 saturated heterocycles. The lowest BCUT2D eigenvalue weighted by atomic mass is 9.76. The van der Waals surface area contributed by atoms with Gasteiger partial charge < -0.3 is 0 Å². The summed E-state index contributed by atoms with van der Waals surface area (Å²) in [5.74, 6) is -0.642. The average molecular weight is 262 g/mol. The summed E-state index contributed by atoms with van der Waals surface area (Å²) in [4.78, 5) is 12.5. The molecule has 1 atom stereocenters. The fraction of sp³-hybridized carbons (Fsp3) is 0.467. The highest BCUT2D eigenvalue weighted by Crippen LogP contribution is 2.42. The number of carbonyl (C=O) groups excluding carboxylic acids is 1. The molecular formula is C15H16ClNO. The van der Waals surface area contributed by atoms with Crippen molar-refractivity contribution in [3.8, 4) is 6.07 Å². The van der Waals surface area contributed by atoms with Gasteiger partial charge in [-0.15, -0.1) is 0 Å². The molecule has 2 nitrogen and oxygen atoms in total. The molecule has 0 radical (unpaired) electrons. The molecule has 1 aromatic rings. The molecule has 1 aliphatic carbocycles. The normalized spacial score (nSPS) is 19.2. The molecule has 18 heavy (non-hydrogen) atoms. The van der Waals surface area contributed by atoms with E-state index in [9.17, 15) is 10.1 Å². The highest BCUT2D eigenvalue weighted by atomic mass is 35.5. The molecule has 1 unspecified atom stereocenters. The van der Waals surface area contributed by atoms with Crippen LogP contribution in [0.5, 0.6) is 0 Å². The number of Topliss-reactive ketones (excluding diaryl/α,β-unsaturated/α-hetero) is 1. The second-order valence-corrected chi connectivity index (χ2v) is 5.69. The third-order valence-electron chi connectivity index (χ3n) is 3.88. The van der Waals surface area contributed by atoms with Gasteiger partial charge in [-0.2, -0.15) is 5.26 Å². The van der Waals surface area contributed by atoms with Crippen molar-refractivity contribution in [2.45, 2.75) is 38.5 Å². The van der Waals surface area contributed by atoms with E-state index in [0.29, 0.717) is 10.6 Å². The van der Waals surface area contributed by atoms with Crippen LogP contribution in [0.4, 0.5) is 0 Å². The van der Waals surface area contributed by atoms with Crippen molar-refractivity contribution in [2.24, 2.45) is 5.41 Å². The van der Waals surface area contributed by atoms with Gasteiger partial charge in [0.05, 0.1) is 6.07 Å². The summed E-state index contributed by atoms with van der Waals surface area (Å²) in [6.07, 6.45) is 3.95. The largest absolute Gasteiger partial charge is 0.297 e. The van der Waals surface area contributed by atoms with Crippen LogP contribution in [0.15, 0.2) is 24.3 Å². The van der Waals surface area contributed by atoms with Crippen molar-refractivity contribution >= 4 is 17.4 Å². The maximum atomic E-state index is 12.5. The van der Waals surface area contributed by atoms with Crippen molar-refractivity contribution < 1.29 is 4.79 Å². The van der Waals surface area contributed by atoms with Gasteiger partial charge in [-0.1, -0.05) is 43.5 Å². The lowest BCUT2D eigenvalue weighted by molar-refractivity contribution is -0.128. The number of hydrogen-bond donors (Lipinski definition) is 0. The van der Waals surface area contributed by atoms with E-state index in [1.807, 2.05) is 6.92 Å². The molecule has 0 heterocycles. The van der Waals surface area contributed by atoms with Gasteiger partial charge in [0, 0.05) is 10.4 Å². The zero-order valence-electron chi connectivity index (χ0n) is 10.4. The molecule has 1 aromatic carbocycles. The lowest BCUT2D eigenvalue weighted by Crippen LogP contribution is -2.29. The molecule has 0 bridgehead atoms. The van der Waals surface area contributed by atoms with E-state index in [-0.39, 0.29) is 11.2 Å². The third kappa shape index (κ3) is 2.42. The van der Waals surface area contributed by atoms with Crippen LogP contribution in [0.3, 0.4) is 0 Å². The van der Waals surface area contributed by atoms with Crippen LogP contribution in [0.2, 0.25) is 5.02 Å². The highest BCUT2D eigenvalue weighted by Gasteiger charge is 2.40. The summed E-state index contributed by atoms with van der Waals surface area (Å²) in [5.41, 5.74) is 0.381. The Morgan fingerprint density at radius 1 is 1.44 bits per heavy atom. The highest BCUT2D eigenvalue weighted by molar-refractivity contribution is 6.30. The molecule has 94 valence electrons. The van der Waals surface area contributed by atoms with Crippen molar-refractivity contribution in [1.29, 1.82) is 5.26 Å². The molecule has 0 aliphatic heterocycles. The minimum absolute atomic E-state index is 0.0461. The van der Waals surface area contributed by atoms with Gasteiger partial charge in [-0.05, 0) is 30.5 Å². The number of hydrogen-bond acceptors (Lipinski definition) is 2. The molecule has 0 spiro atoms. The van der Waals surface area contributed by atoms with Gasteiger partial charge in [0.1, 0.15) is 5.92 Å². The molecular weight excluding hydrogens is 246 g/mol. The third-order valence-corrected chi connectivity index (χ3v) is 4.11. The second kappa shape index (κ2) is 5.12. The maximum absolute atomic E-state index is 12.5. The zero-order chi connectivity index (χ0) is 13.2. The second-order valence-electron chi connectivity index (χ2n) is 5.25. The van der Waals surface area contributed by atoms with Crippen LogP contribution >= 0.6 is 11.6 Å². The monoisotopic (exact) mass is 261 g/mol. The van der Waals surface area contributed by atoms with Gasteiger partial charge in [0.25, 0.3) is 0 Å². The van der Waals surface area contributed by atoms with Gasteiger partial charge in [-0.3, -0.25) is 4.79 Å². The van der Waals surface area contributed by atoms with Crippen molar-refractivity contribution in [3.05, 3.63) is 34.9 Å². The Hall–Kier alpha value is -1.33. The number of nitrogens with zero attached hydrogens (tertiary/aromatic N) is 1. The van der Waals surface area contributed by atoms with Crippen LogP contribution in [-0.2, 0) is 4.79 Å². The van der Waals surface area contributed by atoms with Crippen molar-refractivity contribution in [2.75, 3.05) is 0 Å². The fourth-order valence-electron chi connectivity index (χ4n) is 2.72. The summed E-state index contributed by atoms with van der Waals surface area (Å²) in [6, 6.07) is 9.19. The average Bonchev–Trinajstić information content (AvgIpc) is 2.78. The summed E-state index contributed by atoms with van der Waals surface area (Å²) in [5, 5.41) is 9.87. The number of carbonyl (C=O) groups is 1. The fourth-order valence-corrected chi connectivity index (χ4v) is 2.92. The number of halogens is 1. The lowest BCUT2D eigenvalue weighted by Gasteiger charge is -2.24. The van der Waals surface area contributed by atoms with Crippen LogP contribution in [0.25, 0.3) is 0 Å². The maximum Gasteiger partial charge on any atom is 0.160 e. The Balaban J connectivity index is 2.29. The van der Waals surface area contributed by atoms with Gasteiger partial charge in [0.15, 0.2) is 5.78 Å². The van der Waals surface area contributed by atoms with E-state index in [1.165, 1.54) is 0 Å². The predicted octanol–water partition coefficient (Wildman–Crippen LogP) is 4.10. The van der Waals surface area contributed by atoms with Crippen molar-refractivity contribution in [1.82, 2.24) is 0 Å². The topological polar surface area (TPSA) is 40.9 Å². The predicted molar refractivity (Wildman–Crippen MR) is 71.4 cm³/mol. The van der Waals surface area contributed by atoms with Gasteiger partial charge in [-0.25, -0.2) is 0 Å². The van der Waals surface area contributed by atoms with Gasteiger partial charge >= 0.3 is 0 Å². The Kier molecular flexibility index (Phi) is 3.73. The minimum Gasteiger partial charge on any atom is -0.297 e. The smallest absolute Gasteiger partial charge is 0.160 e. The molecule has 1 saturated carbocycles. The van der Waals surface area contributed by atoms with E-state index >= 15 is 0 Å². The summed E-state index contributed by atoms with van der Waals surface area (Å²) in [6.45, 7) is 1.98. The molecule has 2 rings (SSSR count). The number of nitriles is 1. The molecule has 1 aliphatic rings. The summed E-state index contributed by atoms with van der Waals surface area (Å²) in [7, 11) is 0. The number of rotatable bonds is 3. The molecule has 0 N–H and O–H groups in total. The van der Waals surface area contributed by atoms with Crippen LogP contribution < -0.4 is 0 Å². The Morgan fingerprint density at radius 3 is 2.67 bits per heavy atom. The Morgan fingerprint density at radius 2 is 2.11 bits per heavy atom. The van der Waals surface area contributed by atoms with Crippen molar-refractivity contribution in [3.63, 3.8) is 0 Å². The minimum atomic E-state index is -0.688.